The van der Waals surface area contributed by atoms with Crippen LogP contribution < -0.4 is 10.5 Å². The first kappa shape index (κ1) is 12.3. The lowest BCUT2D eigenvalue weighted by Crippen LogP contribution is -2.43. The molecule has 5 heteroatoms. The molecule has 100 valence electrons. The third-order valence-corrected chi connectivity index (χ3v) is 3.12. The number of nitrogens with zero attached hydrogens (tertiary/aromatic N) is 3. The van der Waals surface area contributed by atoms with Crippen LogP contribution in [0.5, 0.6) is 0 Å². The Hall–Kier alpha value is -2.69. The number of nitrogens with one attached hydrogen (secondary N) is 1. The molecule has 1 N–H and O–H groups in total. The summed E-state index contributed by atoms with van der Waals surface area (Å²) in [5.74, 6) is 0. The Kier molecular flexibility index (Phi) is 2.95. The van der Waals surface area contributed by atoms with Crippen LogP contribution in [0.25, 0.3) is 11.4 Å². The lowest BCUT2D eigenvalue weighted by molar-refractivity contribution is -0.735. The van der Waals surface area contributed by atoms with Gasteiger partial charge in [-0.3, -0.25) is 0 Å². The van der Waals surface area contributed by atoms with Gasteiger partial charge in [-0.1, -0.05) is 35.4 Å². The van der Waals surface area contributed by atoms with Crippen molar-refractivity contribution in [2.45, 2.75) is 13.8 Å². The Morgan fingerprint density at radius 2 is 1.50 bits per heavy atom. The summed E-state index contributed by atoms with van der Waals surface area (Å²) in [5.41, 5.74) is 3.62. The number of H-pyrrole nitrogens is 1. The minimum absolute atomic E-state index is 0.383. The summed E-state index contributed by atoms with van der Waals surface area (Å²) in [6.45, 7) is 4.04. The summed E-state index contributed by atoms with van der Waals surface area (Å²) < 4.78 is 0. The largest absolute Gasteiger partial charge is 0.488 e. The molecule has 0 aliphatic carbocycles. The molecule has 2 aromatic carbocycles. The van der Waals surface area contributed by atoms with E-state index in [1.807, 2.05) is 62.4 Å². The number of aromatic nitrogens is 4. The molecule has 0 saturated carbocycles. The summed E-state index contributed by atoms with van der Waals surface area (Å²) in [6, 6.07) is 15.7. The Morgan fingerprint density at radius 1 is 0.950 bits per heavy atom. The number of hydrogen-bond acceptors (Lipinski definition) is 2. The van der Waals surface area contributed by atoms with Gasteiger partial charge < -0.3 is 0 Å². The van der Waals surface area contributed by atoms with Crippen LogP contribution in [0.3, 0.4) is 0 Å². The zero-order valence-electron chi connectivity index (χ0n) is 11.4. The standard InChI is InChI=1S/C15H14N4O/c1-11-3-7-13(8-4-11)18-16-15(20)17-19(18)14-9-5-12(2)6-10-14/h3-10H,1-2H3/p+1. The quantitative estimate of drug-likeness (QED) is 0.715. The second-order valence-electron chi connectivity index (χ2n) is 4.79. The average Bonchev–Trinajstić information content (AvgIpc) is 2.82. The predicted molar refractivity (Wildman–Crippen MR) is 75.2 cm³/mol. The molecule has 3 aromatic rings. The van der Waals surface area contributed by atoms with Gasteiger partial charge in [-0.25, -0.2) is 4.79 Å². The van der Waals surface area contributed by atoms with E-state index < -0.39 is 0 Å². The molecule has 0 fully saturated rings. The van der Waals surface area contributed by atoms with Gasteiger partial charge in [0.2, 0.25) is 0 Å². The van der Waals surface area contributed by atoms with Crippen molar-refractivity contribution in [3.05, 3.63) is 70.1 Å². The highest BCUT2D eigenvalue weighted by Gasteiger charge is 2.16. The van der Waals surface area contributed by atoms with Gasteiger partial charge in [-0.05, 0) is 47.7 Å². The van der Waals surface area contributed by atoms with Gasteiger partial charge in [-0.2, -0.15) is 0 Å². The van der Waals surface area contributed by atoms with Gasteiger partial charge in [0, 0.05) is 5.10 Å². The molecule has 3 rings (SSSR count). The van der Waals surface area contributed by atoms with Crippen LogP contribution in [0.15, 0.2) is 53.3 Å². The summed E-state index contributed by atoms with van der Waals surface area (Å²) >= 11 is 0. The van der Waals surface area contributed by atoms with E-state index >= 15 is 0 Å². The molecule has 0 atom stereocenters. The zero-order chi connectivity index (χ0) is 14.1. The fraction of sp³-hybridized carbons (Fsp3) is 0.133. The Labute approximate surface area is 116 Å². The summed E-state index contributed by atoms with van der Waals surface area (Å²) in [6.07, 6.45) is 0. The van der Waals surface area contributed by atoms with Gasteiger partial charge in [0.25, 0.3) is 0 Å². The Morgan fingerprint density at radius 3 is 2.10 bits per heavy atom. The normalized spacial score (nSPS) is 10.7. The summed E-state index contributed by atoms with van der Waals surface area (Å²) in [5, 5.41) is 6.68. The second-order valence-corrected chi connectivity index (χ2v) is 4.79. The van der Waals surface area contributed by atoms with Crippen molar-refractivity contribution < 1.29 is 4.80 Å². The van der Waals surface area contributed by atoms with Gasteiger partial charge >= 0.3 is 5.69 Å². The molecule has 1 aromatic heterocycles. The number of hydrogen-bond donors (Lipinski definition) is 1. The molecule has 0 aliphatic rings. The SMILES string of the molecule is Cc1ccc(-n2[nH]c(=O)n[n+]2-c2ccc(C)cc2)cc1. The average molecular weight is 267 g/mol. The van der Waals surface area contributed by atoms with Crippen LogP contribution in [-0.2, 0) is 0 Å². The molecular weight excluding hydrogens is 252 g/mol. The highest BCUT2D eigenvalue weighted by Crippen LogP contribution is 2.07. The minimum atomic E-state index is -0.383. The van der Waals surface area contributed by atoms with Crippen molar-refractivity contribution in [3.8, 4) is 11.4 Å². The van der Waals surface area contributed by atoms with E-state index in [0.29, 0.717) is 0 Å². The maximum Gasteiger partial charge on any atom is 0.488 e. The number of aryl methyl sites for hydroxylation is 2. The molecule has 0 unspecified atom stereocenters. The molecule has 1 heterocycles. The molecule has 20 heavy (non-hydrogen) atoms. The highest BCUT2D eigenvalue weighted by molar-refractivity contribution is 5.32. The smallest absolute Gasteiger partial charge is 0.212 e. The maximum absolute atomic E-state index is 11.6. The molecule has 0 saturated heterocycles. The summed E-state index contributed by atoms with van der Waals surface area (Å²) in [7, 11) is 0. The van der Waals surface area contributed by atoms with Crippen LogP contribution in [-0.4, -0.2) is 15.0 Å². The van der Waals surface area contributed by atoms with Crippen molar-refractivity contribution >= 4 is 0 Å². The van der Waals surface area contributed by atoms with E-state index in [1.165, 1.54) is 0 Å². The van der Waals surface area contributed by atoms with Crippen LogP contribution in [0, 0.1) is 13.8 Å². The van der Waals surface area contributed by atoms with Crippen molar-refractivity contribution in [2.24, 2.45) is 0 Å². The van der Waals surface area contributed by atoms with Crippen LogP contribution in [0.1, 0.15) is 11.1 Å². The summed E-state index contributed by atoms with van der Waals surface area (Å²) in [4.78, 5) is 14.8. The molecule has 0 aliphatic heterocycles. The van der Waals surface area contributed by atoms with Crippen LogP contribution in [0.2, 0.25) is 0 Å². The Balaban J connectivity index is 2.15. The lowest BCUT2D eigenvalue weighted by atomic mass is 10.2. The molecule has 5 nitrogen and oxygen atoms in total. The fourth-order valence-corrected chi connectivity index (χ4v) is 2.00. The highest BCUT2D eigenvalue weighted by atomic mass is 16.2. The first-order chi connectivity index (χ1) is 9.63. The van der Waals surface area contributed by atoms with Crippen molar-refractivity contribution in [1.29, 1.82) is 0 Å². The lowest BCUT2D eigenvalue weighted by Gasteiger charge is -2.02. The molecular formula is C15H15N4O+. The van der Waals surface area contributed by atoms with E-state index in [-0.39, 0.29) is 5.69 Å². The number of tetrazole rings is 1. The third kappa shape index (κ3) is 2.25. The number of rotatable bonds is 2. The van der Waals surface area contributed by atoms with Gasteiger partial charge in [0.15, 0.2) is 5.69 Å². The molecule has 0 amide bonds. The molecule has 0 bridgehead atoms. The van der Waals surface area contributed by atoms with E-state index in [2.05, 4.69) is 10.2 Å². The van der Waals surface area contributed by atoms with Gasteiger partial charge in [0.05, 0.1) is 0 Å². The molecule has 0 radical (unpaired) electrons. The van der Waals surface area contributed by atoms with E-state index in [0.717, 1.165) is 22.5 Å². The van der Waals surface area contributed by atoms with Crippen LogP contribution in [0.4, 0.5) is 0 Å². The maximum atomic E-state index is 11.6. The van der Waals surface area contributed by atoms with Crippen molar-refractivity contribution in [1.82, 2.24) is 15.0 Å². The van der Waals surface area contributed by atoms with Crippen molar-refractivity contribution in [2.75, 3.05) is 0 Å². The number of benzene rings is 2. The van der Waals surface area contributed by atoms with Crippen LogP contribution >= 0.6 is 0 Å². The second kappa shape index (κ2) is 4.77. The monoisotopic (exact) mass is 267 g/mol. The molecule has 0 spiro atoms. The minimum Gasteiger partial charge on any atom is -0.212 e. The zero-order valence-corrected chi connectivity index (χ0v) is 11.4. The van der Waals surface area contributed by atoms with Gasteiger partial charge in [-0.15, -0.1) is 5.10 Å². The van der Waals surface area contributed by atoms with E-state index in [4.69, 9.17) is 0 Å². The first-order valence-electron chi connectivity index (χ1n) is 6.39. The Bertz CT molecular complexity index is 716. The third-order valence-electron chi connectivity index (χ3n) is 3.12. The first-order valence-corrected chi connectivity index (χ1v) is 6.39. The van der Waals surface area contributed by atoms with Gasteiger partial charge in [0.1, 0.15) is 5.69 Å². The fourth-order valence-electron chi connectivity index (χ4n) is 2.00. The predicted octanol–water partition coefficient (Wildman–Crippen LogP) is 1.45. The topological polar surface area (TPSA) is 54.6 Å². The number of aromatic amines is 1. The van der Waals surface area contributed by atoms with E-state index in [9.17, 15) is 4.79 Å². The van der Waals surface area contributed by atoms with Crippen molar-refractivity contribution in [3.63, 3.8) is 0 Å². The van der Waals surface area contributed by atoms with E-state index in [1.54, 1.807) is 9.59 Å².